The van der Waals surface area contributed by atoms with E-state index < -0.39 is 11.9 Å². The van der Waals surface area contributed by atoms with Crippen molar-refractivity contribution in [2.24, 2.45) is 11.3 Å². The zero-order chi connectivity index (χ0) is 25.3. The summed E-state index contributed by atoms with van der Waals surface area (Å²) < 4.78 is 5.34. The van der Waals surface area contributed by atoms with Crippen LogP contribution in [0.25, 0.3) is 0 Å². The first-order valence-corrected chi connectivity index (χ1v) is 13.1. The van der Waals surface area contributed by atoms with Gasteiger partial charge in [0.25, 0.3) is 5.91 Å². The van der Waals surface area contributed by atoms with Crippen molar-refractivity contribution in [3.63, 3.8) is 0 Å². The Hall–Kier alpha value is -3.00. The number of rotatable bonds is 7. The topological polar surface area (TPSA) is 92.8 Å². The third-order valence-electron chi connectivity index (χ3n) is 7.41. The highest BCUT2D eigenvalue weighted by molar-refractivity contribution is 7.17. The third-order valence-corrected chi connectivity index (χ3v) is 8.58. The van der Waals surface area contributed by atoms with Crippen molar-refractivity contribution in [1.29, 1.82) is 0 Å². The lowest BCUT2D eigenvalue weighted by molar-refractivity contribution is -0.121. The molecule has 7 nitrogen and oxygen atoms in total. The molecule has 1 aliphatic heterocycles. The number of esters is 1. The zero-order valence-corrected chi connectivity index (χ0v) is 21.5. The van der Waals surface area contributed by atoms with E-state index in [0.29, 0.717) is 27.7 Å². The van der Waals surface area contributed by atoms with Gasteiger partial charge < -0.3 is 10.1 Å². The van der Waals surface area contributed by atoms with Gasteiger partial charge >= 0.3 is 5.97 Å². The molecule has 4 rings (SSSR count). The fraction of sp³-hybridized carbons (Fsp3) is 0.481. The lowest BCUT2D eigenvalue weighted by Gasteiger charge is -2.36. The van der Waals surface area contributed by atoms with Crippen LogP contribution in [0.4, 0.5) is 10.7 Å². The molecule has 186 valence electrons. The van der Waals surface area contributed by atoms with Gasteiger partial charge in [0.05, 0.1) is 17.9 Å². The summed E-state index contributed by atoms with van der Waals surface area (Å²) in [6.45, 7) is 8.79. The molecule has 0 saturated carbocycles. The number of ether oxygens (including phenoxy) is 1. The van der Waals surface area contributed by atoms with E-state index in [9.17, 15) is 19.2 Å². The van der Waals surface area contributed by atoms with Gasteiger partial charge in [-0.15, -0.1) is 11.3 Å². The van der Waals surface area contributed by atoms with Crippen molar-refractivity contribution in [2.75, 3.05) is 16.8 Å². The molecule has 1 fully saturated rings. The van der Waals surface area contributed by atoms with E-state index >= 15 is 0 Å². The molecule has 2 aromatic rings. The van der Waals surface area contributed by atoms with Crippen LogP contribution in [-0.2, 0) is 27.2 Å². The van der Waals surface area contributed by atoms with Gasteiger partial charge in [-0.05, 0) is 61.3 Å². The van der Waals surface area contributed by atoms with Crippen LogP contribution >= 0.6 is 11.3 Å². The Balaban J connectivity index is 1.63. The summed E-state index contributed by atoms with van der Waals surface area (Å²) in [7, 11) is 0. The van der Waals surface area contributed by atoms with Gasteiger partial charge in [-0.3, -0.25) is 19.3 Å². The normalized spacial score (nSPS) is 17.9. The molecule has 1 saturated heterocycles. The maximum atomic E-state index is 13.2. The van der Waals surface area contributed by atoms with Crippen molar-refractivity contribution in [3.8, 4) is 0 Å². The van der Waals surface area contributed by atoms with Gasteiger partial charge in [0.1, 0.15) is 5.00 Å². The van der Waals surface area contributed by atoms with Crippen molar-refractivity contribution < 1.29 is 23.9 Å². The minimum absolute atomic E-state index is 0.175. The number of benzene rings is 1. The summed E-state index contributed by atoms with van der Waals surface area (Å²) in [5, 5.41) is 3.41. The fourth-order valence-electron chi connectivity index (χ4n) is 4.87. The summed E-state index contributed by atoms with van der Waals surface area (Å²) in [5.41, 5.74) is 2.31. The molecular formula is C27H32N2O5S. The number of amides is 3. The molecule has 0 radical (unpaired) electrons. The monoisotopic (exact) mass is 496 g/mol. The molecule has 8 heteroatoms. The summed E-state index contributed by atoms with van der Waals surface area (Å²) in [6, 6.07) is 6.45. The van der Waals surface area contributed by atoms with E-state index in [1.807, 2.05) is 0 Å². The van der Waals surface area contributed by atoms with Crippen LogP contribution in [0.15, 0.2) is 24.3 Å². The van der Waals surface area contributed by atoms with Crippen LogP contribution in [0.3, 0.4) is 0 Å². The summed E-state index contributed by atoms with van der Waals surface area (Å²) >= 11 is 1.45. The minimum atomic E-state index is -0.421. The van der Waals surface area contributed by atoms with Crippen LogP contribution in [0.1, 0.15) is 84.5 Å². The standard InChI is InChI=1S/C27H32N2O5S/c1-5-27(3,4)17-10-11-19-20(15-17)35-25(23(19)26(33)34-6-2)28-24(32)16-8-7-9-18(14-16)29-21(30)12-13-22(29)31/h7-9,14,17H,5-6,10-13,15H2,1-4H3,(H,28,32). The second kappa shape index (κ2) is 9.93. The molecule has 1 aromatic carbocycles. The quantitative estimate of drug-likeness (QED) is 0.411. The number of thiophene rings is 1. The lowest BCUT2D eigenvalue weighted by atomic mass is 9.69. The van der Waals surface area contributed by atoms with Gasteiger partial charge in [-0.1, -0.05) is 33.3 Å². The van der Waals surface area contributed by atoms with E-state index in [-0.39, 0.29) is 36.7 Å². The average Bonchev–Trinajstić information content (AvgIpc) is 3.37. The number of anilines is 2. The van der Waals surface area contributed by atoms with Crippen LogP contribution in [0, 0.1) is 11.3 Å². The number of imide groups is 1. The number of fused-ring (bicyclic) bond motifs is 1. The molecule has 2 heterocycles. The fourth-order valence-corrected chi connectivity index (χ4v) is 6.19. The van der Waals surface area contributed by atoms with Crippen LogP contribution < -0.4 is 10.2 Å². The van der Waals surface area contributed by atoms with E-state index in [4.69, 9.17) is 4.74 Å². The number of carbonyl (C=O) groups is 4. The summed E-state index contributed by atoms with van der Waals surface area (Å²) in [6.07, 6.45) is 4.06. The van der Waals surface area contributed by atoms with Gasteiger partial charge in [-0.25, -0.2) is 4.79 Å². The smallest absolute Gasteiger partial charge is 0.341 e. The van der Waals surface area contributed by atoms with Crippen LogP contribution in [0.5, 0.6) is 0 Å². The van der Waals surface area contributed by atoms with Crippen molar-refractivity contribution in [1.82, 2.24) is 0 Å². The predicted molar refractivity (Wildman–Crippen MR) is 136 cm³/mol. The first-order valence-electron chi connectivity index (χ1n) is 12.2. The number of hydrogen-bond acceptors (Lipinski definition) is 6. The van der Waals surface area contributed by atoms with E-state index in [0.717, 1.165) is 41.0 Å². The van der Waals surface area contributed by atoms with E-state index in [2.05, 4.69) is 26.1 Å². The van der Waals surface area contributed by atoms with Gasteiger partial charge in [0.2, 0.25) is 11.8 Å². The molecule has 0 bridgehead atoms. The number of carbonyl (C=O) groups excluding carboxylic acids is 4. The maximum Gasteiger partial charge on any atom is 0.341 e. The molecule has 2 aliphatic rings. The Morgan fingerprint density at radius 1 is 1.14 bits per heavy atom. The summed E-state index contributed by atoms with van der Waals surface area (Å²) in [4.78, 5) is 52.6. The minimum Gasteiger partial charge on any atom is -0.462 e. The van der Waals surface area contributed by atoms with Crippen LogP contribution in [-0.4, -0.2) is 30.3 Å². The first kappa shape index (κ1) is 25.1. The molecule has 1 aliphatic carbocycles. The van der Waals surface area contributed by atoms with Crippen LogP contribution in [0.2, 0.25) is 0 Å². The van der Waals surface area contributed by atoms with E-state index in [1.165, 1.54) is 17.4 Å². The summed E-state index contributed by atoms with van der Waals surface area (Å²) in [5.74, 6) is -0.860. The Labute approximate surface area is 209 Å². The second-order valence-corrected chi connectivity index (χ2v) is 10.9. The van der Waals surface area contributed by atoms with Gasteiger partial charge in [-0.2, -0.15) is 0 Å². The Morgan fingerprint density at radius 3 is 2.51 bits per heavy atom. The number of hydrogen-bond donors (Lipinski definition) is 1. The maximum absolute atomic E-state index is 13.2. The van der Waals surface area contributed by atoms with Crippen molar-refractivity contribution >= 4 is 45.7 Å². The highest BCUT2D eigenvalue weighted by Gasteiger charge is 2.36. The molecule has 0 spiro atoms. The van der Waals surface area contributed by atoms with Crippen molar-refractivity contribution in [2.45, 2.75) is 66.2 Å². The Morgan fingerprint density at radius 2 is 1.86 bits per heavy atom. The lowest BCUT2D eigenvalue weighted by Crippen LogP contribution is -2.29. The second-order valence-electron chi connectivity index (χ2n) is 9.84. The highest BCUT2D eigenvalue weighted by atomic mass is 32.1. The molecule has 1 unspecified atom stereocenters. The van der Waals surface area contributed by atoms with Gasteiger partial charge in [0.15, 0.2) is 0 Å². The molecular weight excluding hydrogens is 464 g/mol. The highest BCUT2D eigenvalue weighted by Crippen LogP contribution is 2.45. The predicted octanol–water partition coefficient (Wildman–Crippen LogP) is 5.37. The SMILES string of the molecule is CCOC(=O)c1c(NC(=O)c2cccc(N3C(=O)CCC3=O)c2)sc2c1CCC(C(C)(C)CC)C2. The molecule has 1 N–H and O–H groups in total. The third kappa shape index (κ3) is 4.89. The molecule has 35 heavy (non-hydrogen) atoms. The zero-order valence-electron chi connectivity index (χ0n) is 20.7. The first-order chi connectivity index (χ1) is 16.7. The van der Waals surface area contributed by atoms with Crippen molar-refractivity contribution in [3.05, 3.63) is 45.8 Å². The number of nitrogens with one attached hydrogen (secondary N) is 1. The average molecular weight is 497 g/mol. The molecule has 1 atom stereocenters. The van der Waals surface area contributed by atoms with E-state index in [1.54, 1.807) is 25.1 Å². The van der Waals surface area contributed by atoms with Gasteiger partial charge in [0, 0.05) is 23.3 Å². The Bertz CT molecular complexity index is 1170. The molecule has 3 amide bonds. The molecule has 1 aromatic heterocycles. The Kier molecular flexibility index (Phi) is 7.12. The largest absolute Gasteiger partial charge is 0.462 e. The number of nitrogens with zero attached hydrogens (tertiary/aromatic N) is 1.